The highest BCUT2D eigenvalue weighted by molar-refractivity contribution is 5.88. The van der Waals surface area contributed by atoms with Crippen LogP contribution in [-0.4, -0.2) is 15.7 Å². The van der Waals surface area contributed by atoms with Crippen molar-refractivity contribution in [1.29, 1.82) is 0 Å². The largest absolute Gasteiger partial charge is 0.452 e. The van der Waals surface area contributed by atoms with E-state index < -0.39 is 5.97 Å². The minimum atomic E-state index is -0.488. The Morgan fingerprint density at radius 3 is 2.83 bits per heavy atom. The summed E-state index contributed by atoms with van der Waals surface area (Å²) in [4.78, 5) is 12.4. The number of carbonyl (C=O) groups is 1. The molecule has 0 radical (unpaired) electrons. The van der Waals surface area contributed by atoms with Gasteiger partial charge in [0.25, 0.3) is 0 Å². The van der Waals surface area contributed by atoms with Crippen molar-refractivity contribution >= 4 is 5.97 Å². The van der Waals surface area contributed by atoms with Crippen LogP contribution in [0.3, 0.4) is 0 Å². The molecule has 0 amide bonds. The molecule has 5 heteroatoms. The first-order valence-electron chi connectivity index (χ1n) is 8.04. The number of ether oxygens (including phenoxy) is 1. The third-order valence-electron chi connectivity index (χ3n) is 4.00. The normalized spacial score (nSPS) is 12.1. The summed E-state index contributed by atoms with van der Waals surface area (Å²) >= 11 is 0. The second-order valence-electron chi connectivity index (χ2n) is 5.71. The number of furan rings is 1. The molecule has 0 fully saturated rings. The Morgan fingerprint density at radius 1 is 1.25 bits per heavy atom. The number of esters is 1. The molecule has 0 spiro atoms. The van der Waals surface area contributed by atoms with E-state index in [1.54, 1.807) is 23.0 Å². The van der Waals surface area contributed by atoms with E-state index in [0.29, 0.717) is 24.0 Å². The van der Waals surface area contributed by atoms with Gasteiger partial charge in [0.05, 0.1) is 6.54 Å². The molecule has 1 atom stereocenters. The molecular formula is C19H20N2O3. The molecule has 0 aliphatic heterocycles. The Hall–Kier alpha value is -2.82. The van der Waals surface area contributed by atoms with Crippen molar-refractivity contribution in [2.75, 3.05) is 0 Å². The first-order chi connectivity index (χ1) is 11.7. The maximum absolute atomic E-state index is 12.4. The molecule has 1 aromatic carbocycles. The van der Waals surface area contributed by atoms with Crippen molar-refractivity contribution < 1.29 is 13.9 Å². The van der Waals surface area contributed by atoms with E-state index in [0.717, 1.165) is 12.0 Å². The Morgan fingerprint density at radius 2 is 2.08 bits per heavy atom. The van der Waals surface area contributed by atoms with Crippen LogP contribution in [0.25, 0.3) is 0 Å². The van der Waals surface area contributed by atoms with Gasteiger partial charge in [-0.2, -0.15) is 5.10 Å². The van der Waals surface area contributed by atoms with E-state index in [-0.39, 0.29) is 5.76 Å². The Balaban J connectivity index is 1.73. The van der Waals surface area contributed by atoms with Crippen molar-refractivity contribution in [3.63, 3.8) is 0 Å². The topological polar surface area (TPSA) is 57.3 Å². The van der Waals surface area contributed by atoms with E-state index >= 15 is 0 Å². The number of hydrogen-bond donors (Lipinski definition) is 0. The smallest absolute Gasteiger partial charge is 0.379 e. The second kappa shape index (κ2) is 7.17. The van der Waals surface area contributed by atoms with Crippen molar-refractivity contribution in [3.05, 3.63) is 71.9 Å². The molecule has 1 unspecified atom stereocenters. The number of nitrogens with zero attached hydrogens (tertiary/aromatic N) is 2. The highest BCUT2D eigenvalue weighted by Crippen LogP contribution is 2.29. The SMILES string of the molecule is CCC(C)c1ccccc1OC(=O)c1ccc(Cn2cccn2)o1. The molecule has 3 aromatic rings. The van der Waals surface area contributed by atoms with Crippen LogP contribution in [0.5, 0.6) is 5.75 Å². The maximum atomic E-state index is 12.4. The van der Waals surface area contributed by atoms with Gasteiger partial charge in [-0.05, 0) is 42.2 Å². The van der Waals surface area contributed by atoms with E-state index in [4.69, 9.17) is 9.15 Å². The molecular weight excluding hydrogens is 304 g/mol. The zero-order chi connectivity index (χ0) is 16.9. The van der Waals surface area contributed by atoms with Gasteiger partial charge in [0.2, 0.25) is 5.76 Å². The Bertz CT molecular complexity index is 806. The maximum Gasteiger partial charge on any atom is 0.379 e. The summed E-state index contributed by atoms with van der Waals surface area (Å²) in [7, 11) is 0. The van der Waals surface area contributed by atoms with Crippen LogP contribution in [0, 0.1) is 0 Å². The molecule has 0 N–H and O–H groups in total. The van der Waals surface area contributed by atoms with Crippen molar-refractivity contribution in [2.24, 2.45) is 0 Å². The quantitative estimate of drug-likeness (QED) is 0.502. The van der Waals surface area contributed by atoms with Gasteiger partial charge in [0, 0.05) is 12.4 Å². The highest BCUT2D eigenvalue weighted by atomic mass is 16.5. The van der Waals surface area contributed by atoms with Gasteiger partial charge < -0.3 is 9.15 Å². The summed E-state index contributed by atoms with van der Waals surface area (Å²) in [6.45, 7) is 4.70. The molecule has 2 aromatic heterocycles. The summed E-state index contributed by atoms with van der Waals surface area (Å²) in [6.07, 6.45) is 4.51. The molecule has 24 heavy (non-hydrogen) atoms. The summed E-state index contributed by atoms with van der Waals surface area (Å²) in [6, 6.07) is 12.8. The molecule has 0 saturated carbocycles. The Labute approximate surface area is 140 Å². The van der Waals surface area contributed by atoms with Gasteiger partial charge in [0.1, 0.15) is 11.5 Å². The van der Waals surface area contributed by atoms with Crippen LogP contribution in [0.2, 0.25) is 0 Å². The van der Waals surface area contributed by atoms with Crippen LogP contribution < -0.4 is 4.74 Å². The molecule has 2 heterocycles. The van der Waals surface area contributed by atoms with Crippen molar-refractivity contribution in [3.8, 4) is 5.75 Å². The zero-order valence-electron chi connectivity index (χ0n) is 13.8. The fourth-order valence-electron chi connectivity index (χ4n) is 2.48. The first-order valence-corrected chi connectivity index (χ1v) is 8.04. The number of benzene rings is 1. The van der Waals surface area contributed by atoms with E-state index in [2.05, 4.69) is 18.9 Å². The number of hydrogen-bond acceptors (Lipinski definition) is 4. The zero-order valence-corrected chi connectivity index (χ0v) is 13.8. The highest BCUT2D eigenvalue weighted by Gasteiger charge is 2.17. The van der Waals surface area contributed by atoms with Gasteiger partial charge in [-0.15, -0.1) is 0 Å². The molecule has 0 aliphatic carbocycles. The predicted octanol–water partition coefficient (Wildman–Crippen LogP) is 4.26. The van der Waals surface area contributed by atoms with Crippen LogP contribution >= 0.6 is 0 Å². The van der Waals surface area contributed by atoms with Crippen molar-refractivity contribution in [2.45, 2.75) is 32.7 Å². The Kier molecular flexibility index (Phi) is 4.79. The second-order valence-corrected chi connectivity index (χ2v) is 5.71. The minimum Gasteiger partial charge on any atom is -0.452 e. The lowest BCUT2D eigenvalue weighted by molar-refractivity contribution is 0.0697. The minimum absolute atomic E-state index is 0.191. The third-order valence-corrected chi connectivity index (χ3v) is 4.00. The van der Waals surface area contributed by atoms with E-state index in [1.807, 2.05) is 36.5 Å². The average molecular weight is 324 g/mol. The van der Waals surface area contributed by atoms with Gasteiger partial charge in [-0.25, -0.2) is 4.79 Å². The number of aromatic nitrogens is 2. The van der Waals surface area contributed by atoms with Crippen LogP contribution in [0.4, 0.5) is 0 Å². The van der Waals surface area contributed by atoms with E-state index in [9.17, 15) is 4.79 Å². The van der Waals surface area contributed by atoms with Gasteiger partial charge in [-0.3, -0.25) is 4.68 Å². The number of carbonyl (C=O) groups excluding carboxylic acids is 1. The third kappa shape index (κ3) is 3.56. The average Bonchev–Trinajstić information content (AvgIpc) is 3.27. The van der Waals surface area contributed by atoms with Gasteiger partial charge in [-0.1, -0.05) is 32.0 Å². The van der Waals surface area contributed by atoms with Crippen LogP contribution in [-0.2, 0) is 6.54 Å². The lowest BCUT2D eigenvalue weighted by Gasteiger charge is -2.13. The van der Waals surface area contributed by atoms with Crippen molar-refractivity contribution in [1.82, 2.24) is 9.78 Å². The number of rotatable bonds is 6. The monoisotopic (exact) mass is 324 g/mol. The summed E-state index contributed by atoms with van der Waals surface area (Å²) in [5, 5.41) is 4.11. The fraction of sp³-hybridized carbons (Fsp3) is 0.263. The lowest BCUT2D eigenvalue weighted by Crippen LogP contribution is -2.09. The molecule has 3 rings (SSSR count). The predicted molar refractivity (Wildman–Crippen MR) is 90.1 cm³/mol. The van der Waals surface area contributed by atoms with Gasteiger partial charge >= 0.3 is 5.97 Å². The first kappa shape index (κ1) is 16.1. The molecule has 0 saturated heterocycles. The molecule has 0 bridgehead atoms. The lowest BCUT2D eigenvalue weighted by atomic mass is 9.98. The van der Waals surface area contributed by atoms with Crippen LogP contribution in [0.15, 0.2) is 59.3 Å². The summed E-state index contributed by atoms with van der Waals surface area (Å²) < 4.78 is 12.9. The summed E-state index contributed by atoms with van der Waals surface area (Å²) in [5.74, 6) is 1.26. The van der Waals surface area contributed by atoms with E-state index in [1.165, 1.54) is 0 Å². The summed E-state index contributed by atoms with van der Waals surface area (Å²) in [5.41, 5.74) is 1.02. The van der Waals surface area contributed by atoms with Crippen LogP contribution in [0.1, 0.15) is 48.1 Å². The molecule has 124 valence electrons. The molecule has 5 nitrogen and oxygen atoms in total. The van der Waals surface area contributed by atoms with Gasteiger partial charge in [0.15, 0.2) is 0 Å². The molecule has 0 aliphatic rings. The number of para-hydroxylation sites is 1. The fourth-order valence-corrected chi connectivity index (χ4v) is 2.48. The standard InChI is InChI=1S/C19H20N2O3/c1-3-14(2)16-7-4-5-8-17(16)24-19(22)18-10-9-15(23-18)13-21-12-6-11-20-21/h4-12,14H,3,13H2,1-2H3.